The van der Waals surface area contributed by atoms with E-state index >= 15 is 0 Å². The summed E-state index contributed by atoms with van der Waals surface area (Å²) in [6.45, 7) is 1.89. The Kier molecular flexibility index (Phi) is 7.45. The van der Waals surface area contributed by atoms with Crippen LogP contribution < -0.4 is 0 Å². The smallest absolute Gasteiger partial charge is 0.331 e. The predicted molar refractivity (Wildman–Crippen MR) is 71.2 cm³/mol. The molecule has 3 atom stereocenters. The Morgan fingerprint density at radius 3 is 2.56 bits per heavy atom. The summed E-state index contributed by atoms with van der Waals surface area (Å²) in [5.41, 5.74) is -0.467. The molecule has 4 nitrogen and oxygen atoms in total. The molecule has 0 aliphatic heterocycles. The monoisotopic (exact) mass is 275 g/mol. The lowest BCUT2D eigenvalue weighted by atomic mass is 9.82. The molecule has 0 spiro atoms. The largest absolute Gasteiger partial charge is 0.466 e. The zero-order valence-electron chi connectivity index (χ0n) is 11.1. The van der Waals surface area contributed by atoms with Crippen LogP contribution in [0.5, 0.6) is 0 Å². The molecule has 1 aliphatic rings. The van der Waals surface area contributed by atoms with Gasteiger partial charge in [-0.25, -0.2) is 0 Å². The van der Waals surface area contributed by atoms with Crippen LogP contribution in [0.1, 0.15) is 45.4 Å². The molecule has 0 amide bonds. The maximum atomic E-state index is 11.9. The van der Waals surface area contributed by atoms with Gasteiger partial charge in [0.15, 0.2) is 5.66 Å². The van der Waals surface area contributed by atoms with E-state index in [0.29, 0.717) is 18.9 Å². The van der Waals surface area contributed by atoms with E-state index in [9.17, 15) is 14.5 Å². The number of aliphatic hydroxyl groups excluding tert-OH is 1. The molecule has 0 bridgehead atoms. The van der Waals surface area contributed by atoms with Crippen LogP contribution in [0, 0.1) is 11.8 Å². The lowest BCUT2D eigenvalue weighted by Gasteiger charge is -2.25. The molecule has 0 aromatic carbocycles. The quantitative estimate of drug-likeness (QED) is 0.573. The van der Waals surface area contributed by atoms with Gasteiger partial charge in [0.2, 0.25) is 0 Å². The van der Waals surface area contributed by atoms with E-state index in [1.54, 1.807) is 6.92 Å². The van der Waals surface area contributed by atoms with Crippen molar-refractivity contribution in [1.29, 1.82) is 0 Å². The summed E-state index contributed by atoms with van der Waals surface area (Å²) in [6.07, 6.45) is 6.67. The molecule has 0 aromatic heterocycles. The molecule has 1 fully saturated rings. The minimum Gasteiger partial charge on any atom is -0.466 e. The number of carbonyl (C=O) groups excluding carboxylic acids is 1. The van der Waals surface area contributed by atoms with Crippen molar-refractivity contribution in [3.05, 3.63) is 0 Å². The number of hydrogen-bond donors (Lipinski definition) is 1. The topological polar surface area (TPSA) is 63.6 Å². The Labute approximate surface area is 110 Å². The lowest BCUT2D eigenvalue weighted by Crippen LogP contribution is -2.31. The van der Waals surface area contributed by atoms with Gasteiger partial charge in [-0.1, -0.05) is 36.7 Å². The van der Waals surface area contributed by atoms with Gasteiger partial charge >= 0.3 is 14.4 Å². The van der Waals surface area contributed by atoms with Crippen molar-refractivity contribution in [1.82, 2.24) is 0 Å². The van der Waals surface area contributed by atoms with E-state index in [2.05, 4.69) is 0 Å². The summed E-state index contributed by atoms with van der Waals surface area (Å²) in [6, 6.07) is 0. The van der Waals surface area contributed by atoms with Gasteiger partial charge in [-0.2, -0.15) is 0 Å². The number of ether oxygens (including phenoxy) is 1. The van der Waals surface area contributed by atoms with Crippen LogP contribution >= 0.6 is 8.46 Å². The summed E-state index contributed by atoms with van der Waals surface area (Å²) in [4.78, 5) is 11.9. The summed E-state index contributed by atoms with van der Waals surface area (Å²) in [5, 5.41) is 9.24. The van der Waals surface area contributed by atoms with E-state index in [-0.39, 0.29) is 12.6 Å². The minimum absolute atomic E-state index is 0.210. The third kappa shape index (κ3) is 4.66. The number of carbonyl (C=O) groups is 1. The molecular weight excluding hydrogens is 251 g/mol. The van der Waals surface area contributed by atoms with Crippen molar-refractivity contribution in [2.24, 2.45) is 11.8 Å². The zero-order valence-corrected chi connectivity index (χ0v) is 12.1. The highest BCUT2D eigenvalue weighted by Crippen LogP contribution is 2.33. The fourth-order valence-corrected chi connectivity index (χ4v) is 3.21. The SMILES string of the molecule is CCOC(=O)C(CC1CCCCC1)C(CO)[PH+]=O. The fourth-order valence-electron chi connectivity index (χ4n) is 2.70. The number of aliphatic hydroxyl groups is 1. The van der Waals surface area contributed by atoms with Gasteiger partial charge in [0, 0.05) is 0 Å². The molecule has 1 saturated carbocycles. The van der Waals surface area contributed by atoms with Crippen molar-refractivity contribution in [2.75, 3.05) is 13.2 Å². The molecular formula is C13H24O4P+. The molecule has 0 aromatic rings. The molecule has 0 saturated heterocycles. The predicted octanol–water partition coefficient (Wildman–Crippen LogP) is 2.52. The summed E-state index contributed by atoms with van der Waals surface area (Å²) in [7, 11) is -0.653. The average molecular weight is 275 g/mol. The van der Waals surface area contributed by atoms with Crippen LogP contribution in [0.2, 0.25) is 0 Å². The van der Waals surface area contributed by atoms with Gasteiger partial charge in [0.25, 0.3) is 0 Å². The van der Waals surface area contributed by atoms with E-state index in [1.165, 1.54) is 19.3 Å². The first kappa shape index (κ1) is 15.6. The van der Waals surface area contributed by atoms with Crippen LogP contribution in [0.15, 0.2) is 0 Å². The molecule has 18 heavy (non-hydrogen) atoms. The Morgan fingerprint density at radius 2 is 2.06 bits per heavy atom. The molecule has 5 heteroatoms. The second-order valence-electron chi connectivity index (χ2n) is 5.01. The highest BCUT2D eigenvalue weighted by Gasteiger charge is 2.36. The van der Waals surface area contributed by atoms with Crippen LogP contribution in [0.4, 0.5) is 0 Å². The van der Waals surface area contributed by atoms with E-state index in [1.807, 2.05) is 0 Å². The van der Waals surface area contributed by atoms with E-state index in [0.717, 1.165) is 12.8 Å². The lowest BCUT2D eigenvalue weighted by molar-refractivity contribution is -0.149. The first-order valence-corrected chi connectivity index (χ1v) is 7.86. The number of esters is 1. The second-order valence-corrected chi connectivity index (χ2v) is 5.98. The number of hydrogen-bond acceptors (Lipinski definition) is 4. The third-order valence-corrected chi connectivity index (χ3v) is 4.62. The van der Waals surface area contributed by atoms with Crippen molar-refractivity contribution in [3.8, 4) is 0 Å². The molecule has 104 valence electrons. The van der Waals surface area contributed by atoms with Gasteiger partial charge in [-0.15, -0.1) is 0 Å². The van der Waals surface area contributed by atoms with Gasteiger partial charge in [0.05, 0.1) is 13.2 Å². The van der Waals surface area contributed by atoms with Crippen LogP contribution in [0.3, 0.4) is 0 Å². The van der Waals surface area contributed by atoms with Crippen molar-refractivity contribution < 1.29 is 19.2 Å². The van der Waals surface area contributed by atoms with Gasteiger partial charge in [-0.05, 0) is 19.3 Å². The van der Waals surface area contributed by atoms with Gasteiger partial charge in [0.1, 0.15) is 5.92 Å². The molecule has 1 N–H and O–H groups in total. The van der Waals surface area contributed by atoms with Crippen molar-refractivity contribution >= 4 is 14.4 Å². The summed E-state index contributed by atoms with van der Waals surface area (Å²) < 4.78 is 16.2. The van der Waals surface area contributed by atoms with Crippen LogP contribution in [-0.4, -0.2) is 29.9 Å². The van der Waals surface area contributed by atoms with Gasteiger partial charge in [-0.3, -0.25) is 4.79 Å². The summed E-state index contributed by atoms with van der Waals surface area (Å²) in [5.74, 6) is -0.196. The van der Waals surface area contributed by atoms with Crippen LogP contribution in [0.25, 0.3) is 0 Å². The highest BCUT2D eigenvalue weighted by atomic mass is 31.1. The molecule has 1 rings (SSSR count). The standard InChI is InChI=1S/C13H23O4P/c1-2-17-13(15)11(12(9-14)18-16)8-10-6-4-3-5-7-10/h10-12,14H,2-9H2,1H3/p+1. The Morgan fingerprint density at radius 1 is 1.39 bits per heavy atom. The number of rotatable bonds is 7. The van der Waals surface area contributed by atoms with Crippen molar-refractivity contribution in [2.45, 2.75) is 51.1 Å². The molecule has 1 aliphatic carbocycles. The van der Waals surface area contributed by atoms with E-state index < -0.39 is 20.0 Å². The normalized spacial score (nSPS) is 20.6. The maximum absolute atomic E-state index is 11.9. The van der Waals surface area contributed by atoms with Crippen LogP contribution in [-0.2, 0) is 14.1 Å². The Hall–Kier alpha value is -0.470. The van der Waals surface area contributed by atoms with Gasteiger partial charge < -0.3 is 9.84 Å². The highest BCUT2D eigenvalue weighted by molar-refractivity contribution is 7.24. The maximum Gasteiger partial charge on any atom is 0.331 e. The van der Waals surface area contributed by atoms with Crippen molar-refractivity contribution in [3.63, 3.8) is 0 Å². The molecule has 0 heterocycles. The first-order valence-electron chi connectivity index (χ1n) is 6.88. The second kappa shape index (κ2) is 8.60. The first-order chi connectivity index (χ1) is 8.72. The Bertz CT molecular complexity index is 264. The minimum atomic E-state index is -0.653. The molecule has 0 radical (unpaired) electrons. The molecule has 3 unspecified atom stereocenters. The zero-order chi connectivity index (χ0) is 13.4. The van der Waals surface area contributed by atoms with E-state index in [4.69, 9.17) is 4.74 Å². The fraction of sp³-hybridized carbons (Fsp3) is 0.923. The Balaban J connectivity index is 2.62. The third-order valence-electron chi connectivity index (χ3n) is 3.74. The summed E-state index contributed by atoms with van der Waals surface area (Å²) >= 11 is 0. The average Bonchev–Trinajstić information content (AvgIpc) is 2.40.